The molecule has 0 fully saturated rings. The average Bonchev–Trinajstić information content (AvgIpc) is 2.70. The molecular formula is C22H26BrN3O4. The van der Waals surface area contributed by atoms with Crippen molar-refractivity contribution in [1.29, 1.82) is 0 Å². The van der Waals surface area contributed by atoms with Crippen LogP contribution >= 0.6 is 15.9 Å². The molecule has 2 rings (SSSR count). The van der Waals surface area contributed by atoms with Gasteiger partial charge in [0, 0.05) is 10.9 Å². The topological polar surface area (TPSA) is 111 Å². The normalized spacial score (nSPS) is 12.7. The van der Waals surface area contributed by atoms with Gasteiger partial charge in [-0.25, -0.2) is 4.79 Å². The number of halogens is 1. The van der Waals surface area contributed by atoms with Crippen LogP contribution in [0.15, 0.2) is 59.1 Å². The van der Waals surface area contributed by atoms with Gasteiger partial charge in [-0.1, -0.05) is 72.2 Å². The van der Waals surface area contributed by atoms with Crippen molar-refractivity contribution < 1.29 is 19.1 Å². The van der Waals surface area contributed by atoms with Crippen molar-refractivity contribution in [2.24, 2.45) is 11.7 Å². The largest absolute Gasteiger partial charge is 0.445 e. The van der Waals surface area contributed by atoms with E-state index in [1.165, 1.54) is 0 Å². The molecule has 0 heterocycles. The van der Waals surface area contributed by atoms with Crippen LogP contribution in [-0.2, 0) is 27.4 Å². The van der Waals surface area contributed by atoms with Gasteiger partial charge in [-0.3, -0.25) is 9.59 Å². The van der Waals surface area contributed by atoms with Crippen LogP contribution in [0, 0.1) is 5.92 Å². The molecule has 0 aliphatic carbocycles. The Balaban J connectivity index is 1.98. The van der Waals surface area contributed by atoms with E-state index in [1.54, 1.807) is 13.8 Å². The second-order valence-corrected chi connectivity index (χ2v) is 8.14. The number of amides is 3. The van der Waals surface area contributed by atoms with Gasteiger partial charge in [0.1, 0.15) is 18.7 Å². The van der Waals surface area contributed by atoms with Crippen LogP contribution in [0.4, 0.5) is 4.79 Å². The predicted octanol–water partition coefficient (Wildman–Crippen LogP) is 2.91. The zero-order valence-electron chi connectivity index (χ0n) is 16.9. The highest BCUT2D eigenvalue weighted by atomic mass is 79.9. The minimum atomic E-state index is -0.907. The number of primary amides is 1. The number of hydrogen-bond donors (Lipinski definition) is 3. The molecule has 0 spiro atoms. The predicted molar refractivity (Wildman–Crippen MR) is 117 cm³/mol. The van der Waals surface area contributed by atoms with Gasteiger partial charge in [0.2, 0.25) is 11.8 Å². The highest BCUT2D eigenvalue weighted by molar-refractivity contribution is 9.10. The summed E-state index contributed by atoms with van der Waals surface area (Å²) < 4.78 is 6.05. The lowest BCUT2D eigenvalue weighted by atomic mass is 10.0. The summed E-state index contributed by atoms with van der Waals surface area (Å²) in [7, 11) is 0. The van der Waals surface area contributed by atoms with Crippen molar-refractivity contribution in [2.45, 2.75) is 39.0 Å². The van der Waals surface area contributed by atoms with Crippen LogP contribution in [0.25, 0.3) is 0 Å². The second kappa shape index (κ2) is 11.3. The van der Waals surface area contributed by atoms with E-state index in [9.17, 15) is 14.4 Å². The van der Waals surface area contributed by atoms with Gasteiger partial charge in [0.25, 0.3) is 0 Å². The number of ether oxygens (including phenoxy) is 1. The molecule has 0 aliphatic rings. The maximum absolute atomic E-state index is 12.8. The summed E-state index contributed by atoms with van der Waals surface area (Å²) in [5, 5.41) is 5.22. The third-order valence-electron chi connectivity index (χ3n) is 4.42. The Labute approximate surface area is 184 Å². The first-order chi connectivity index (χ1) is 14.3. The van der Waals surface area contributed by atoms with Crippen LogP contribution in [0.3, 0.4) is 0 Å². The molecule has 0 radical (unpaired) electrons. The Morgan fingerprint density at radius 1 is 1.00 bits per heavy atom. The Kier molecular flexibility index (Phi) is 8.86. The van der Waals surface area contributed by atoms with E-state index in [1.807, 2.05) is 54.6 Å². The first-order valence-corrected chi connectivity index (χ1v) is 10.4. The number of nitrogens with one attached hydrogen (secondary N) is 2. The van der Waals surface area contributed by atoms with E-state index in [0.717, 1.165) is 15.6 Å². The summed E-state index contributed by atoms with van der Waals surface area (Å²) in [6.45, 7) is 3.66. The highest BCUT2D eigenvalue weighted by Gasteiger charge is 2.28. The number of alkyl carbamates (subject to hydrolysis) is 1. The maximum atomic E-state index is 12.8. The fourth-order valence-electron chi connectivity index (χ4n) is 2.81. The zero-order valence-corrected chi connectivity index (χ0v) is 18.5. The molecule has 30 heavy (non-hydrogen) atoms. The summed E-state index contributed by atoms with van der Waals surface area (Å²) in [4.78, 5) is 36.8. The highest BCUT2D eigenvalue weighted by Crippen LogP contribution is 2.13. The average molecular weight is 476 g/mol. The SMILES string of the molecule is CC(C)[C@H](NC(=O)OCc1ccccc1)C(=O)N[C@@H](Cc1cccc(Br)c1)C(N)=O. The smallest absolute Gasteiger partial charge is 0.408 e. The van der Waals surface area contributed by atoms with E-state index < -0.39 is 30.0 Å². The summed E-state index contributed by atoms with van der Waals surface area (Å²) >= 11 is 3.38. The molecular weight excluding hydrogens is 450 g/mol. The molecule has 160 valence electrons. The second-order valence-electron chi connectivity index (χ2n) is 7.23. The number of nitrogens with two attached hydrogens (primary N) is 1. The lowest BCUT2D eigenvalue weighted by Crippen LogP contribution is -2.55. The Bertz CT molecular complexity index is 874. The van der Waals surface area contributed by atoms with E-state index in [2.05, 4.69) is 26.6 Å². The molecule has 0 bridgehead atoms. The zero-order chi connectivity index (χ0) is 22.1. The van der Waals surface area contributed by atoms with Gasteiger partial charge < -0.3 is 21.1 Å². The number of carbonyl (C=O) groups excluding carboxylic acids is 3. The van der Waals surface area contributed by atoms with Crippen LogP contribution in [0.1, 0.15) is 25.0 Å². The monoisotopic (exact) mass is 475 g/mol. The van der Waals surface area contributed by atoms with Crippen molar-refractivity contribution in [3.05, 3.63) is 70.2 Å². The molecule has 8 heteroatoms. The molecule has 7 nitrogen and oxygen atoms in total. The van der Waals surface area contributed by atoms with Gasteiger partial charge in [-0.2, -0.15) is 0 Å². The van der Waals surface area contributed by atoms with E-state index in [0.29, 0.717) is 0 Å². The third kappa shape index (κ3) is 7.51. The van der Waals surface area contributed by atoms with E-state index in [4.69, 9.17) is 10.5 Å². The number of hydrogen-bond acceptors (Lipinski definition) is 4. The quantitative estimate of drug-likeness (QED) is 0.517. The molecule has 0 unspecified atom stereocenters. The van der Waals surface area contributed by atoms with Gasteiger partial charge >= 0.3 is 6.09 Å². The standard InChI is InChI=1S/C22H26BrN3O4/c1-14(2)19(26-22(29)30-13-15-7-4-3-5-8-15)21(28)25-18(20(24)27)12-16-9-6-10-17(23)11-16/h3-11,14,18-19H,12-13H2,1-2H3,(H2,24,27)(H,25,28)(H,26,29)/t18-,19-/m0/s1. The van der Waals surface area contributed by atoms with Crippen molar-refractivity contribution in [3.8, 4) is 0 Å². The van der Waals surface area contributed by atoms with Crippen molar-refractivity contribution >= 4 is 33.8 Å². The lowest BCUT2D eigenvalue weighted by molar-refractivity contribution is -0.129. The van der Waals surface area contributed by atoms with Crippen LogP contribution < -0.4 is 16.4 Å². The molecule has 2 aromatic carbocycles. The maximum Gasteiger partial charge on any atom is 0.408 e. The summed E-state index contributed by atoms with van der Waals surface area (Å²) in [6.07, 6.45) is -0.473. The molecule has 0 aliphatic heterocycles. The van der Waals surface area contributed by atoms with Crippen LogP contribution in [0.2, 0.25) is 0 Å². The molecule has 0 saturated carbocycles. The minimum absolute atomic E-state index is 0.0892. The van der Waals surface area contributed by atoms with Gasteiger partial charge in [0.05, 0.1) is 0 Å². The minimum Gasteiger partial charge on any atom is -0.445 e. The molecule has 0 saturated heterocycles. The van der Waals surface area contributed by atoms with Crippen molar-refractivity contribution in [3.63, 3.8) is 0 Å². The summed E-state index contributed by atoms with van der Waals surface area (Å²) in [5.41, 5.74) is 7.16. The fourth-order valence-corrected chi connectivity index (χ4v) is 3.26. The number of rotatable bonds is 9. The molecule has 4 N–H and O–H groups in total. The van der Waals surface area contributed by atoms with Crippen molar-refractivity contribution in [2.75, 3.05) is 0 Å². The Morgan fingerprint density at radius 2 is 1.67 bits per heavy atom. The Hall–Kier alpha value is -2.87. The lowest BCUT2D eigenvalue weighted by Gasteiger charge is -2.24. The van der Waals surface area contributed by atoms with Crippen molar-refractivity contribution in [1.82, 2.24) is 10.6 Å². The van der Waals surface area contributed by atoms with Crippen LogP contribution in [0.5, 0.6) is 0 Å². The molecule has 2 atom stereocenters. The molecule has 2 aromatic rings. The third-order valence-corrected chi connectivity index (χ3v) is 4.92. The molecule has 3 amide bonds. The first kappa shape index (κ1) is 23.4. The van der Waals surface area contributed by atoms with Gasteiger partial charge in [-0.05, 0) is 29.2 Å². The first-order valence-electron chi connectivity index (χ1n) is 9.57. The van der Waals surface area contributed by atoms with E-state index >= 15 is 0 Å². The van der Waals surface area contributed by atoms with E-state index in [-0.39, 0.29) is 18.9 Å². The molecule has 0 aromatic heterocycles. The van der Waals surface area contributed by atoms with Gasteiger partial charge in [0.15, 0.2) is 0 Å². The number of benzene rings is 2. The fraction of sp³-hybridized carbons (Fsp3) is 0.318. The summed E-state index contributed by atoms with van der Waals surface area (Å²) in [5.74, 6) is -1.38. The number of carbonyl (C=O) groups is 3. The van der Waals surface area contributed by atoms with Gasteiger partial charge in [-0.15, -0.1) is 0 Å². The van der Waals surface area contributed by atoms with Crippen LogP contribution in [-0.4, -0.2) is 30.0 Å². The Morgan fingerprint density at radius 3 is 2.27 bits per heavy atom. The summed E-state index contributed by atoms with van der Waals surface area (Å²) in [6, 6.07) is 14.8.